The smallest absolute Gasteiger partial charge is 0.317 e. The van der Waals surface area contributed by atoms with Crippen molar-refractivity contribution in [2.24, 2.45) is 0 Å². The van der Waals surface area contributed by atoms with E-state index in [2.05, 4.69) is 5.32 Å². The number of aliphatic carboxylic acids is 1. The van der Waals surface area contributed by atoms with E-state index in [0.29, 0.717) is 6.54 Å². The molecule has 1 amide bonds. The molecule has 0 aromatic heterocycles. The third kappa shape index (κ3) is 4.23. The van der Waals surface area contributed by atoms with Crippen molar-refractivity contribution in [3.63, 3.8) is 0 Å². The van der Waals surface area contributed by atoms with Crippen LogP contribution in [0.3, 0.4) is 0 Å². The second-order valence-corrected chi connectivity index (χ2v) is 3.15. The van der Waals surface area contributed by atoms with Gasteiger partial charge in [0, 0.05) is 7.05 Å². The lowest BCUT2D eigenvalue weighted by molar-refractivity contribution is -0.139. The molecular weight excluding hydrogens is 184 g/mol. The van der Waals surface area contributed by atoms with Crippen LogP contribution in [0.4, 0.5) is 0 Å². The van der Waals surface area contributed by atoms with Crippen LogP contribution in [-0.4, -0.2) is 48.1 Å². The topological polar surface area (TPSA) is 69.6 Å². The van der Waals surface area contributed by atoms with Crippen molar-refractivity contribution in [2.75, 3.05) is 20.1 Å². The Kier molecular flexibility index (Phi) is 5.87. The molecule has 14 heavy (non-hydrogen) atoms. The Balaban J connectivity index is 4.31. The summed E-state index contributed by atoms with van der Waals surface area (Å²) in [4.78, 5) is 23.4. The van der Waals surface area contributed by atoms with Crippen molar-refractivity contribution in [2.45, 2.75) is 26.3 Å². The summed E-state index contributed by atoms with van der Waals surface area (Å²) in [5.41, 5.74) is 0. The van der Waals surface area contributed by atoms with Crippen molar-refractivity contribution < 1.29 is 14.7 Å². The minimum absolute atomic E-state index is 0.0948. The average molecular weight is 202 g/mol. The van der Waals surface area contributed by atoms with Gasteiger partial charge in [0.15, 0.2) is 0 Å². The van der Waals surface area contributed by atoms with Crippen LogP contribution in [-0.2, 0) is 9.59 Å². The molecule has 2 N–H and O–H groups in total. The van der Waals surface area contributed by atoms with E-state index in [9.17, 15) is 9.59 Å². The van der Waals surface area contributed by atoms with Crippen molar-refractivity contribution in [1.29, 1.82) is 0 Å². The highest BCUT2D eigenvalue weighted by atomic mass is 16.4. The van der Waals surface area contributed by atoms with Crippen LogP contribution >= 0.6 is 0 Å². The molecule has 0 rings (SSSR count). The number of hydrogen-bond donors (Lipinski definition) is 2. The van der Waals surface area contributed by atoms with Gasteiger partial charge < -0.3 is 10.4 Å². The van der Waals surface area contributed by atoms with E-state index < -0.39 is 12.0 Å². The predicted molar refractivity (Wildman–Crippen MR) is 53.0 cm³/mol. The summed E-state index contributed by atoms with van der Waals surface area (Å²) in [5, 5.41) is 11.1. The van der Waals surface area contributed by atoms with Crippen molar-refractivity contribution in [3.8, 4) is 0 Å². The number of likely N-dealkylation sites (N-methyl/N-ethyl adjacent to an activating group) is 1. The third-order valence-electron chi connectivity index (χ3n) is 2.02. The Morgan fingerprint density at radius 1 is 1.50 bits per heavy atom. The highest BCUT2D eigenvalue weighted by Crippen LogP contribution is 2.00. The normalized spacial score (nSPS) is 12.6. The monoisotopic (exact) mass is 202 g/mol. The second-order valence-electron chi connectivity index (χ2n) is 3.15. The molecule has 5 heteroatoms. The number of rotatable bonds is 6. The summed E-state index contributed by atoms with van der Waals surface area (Å²) in [6.07, 6.45) is 0.828. The summed E-state index contributed by atoms with van der Waals surface area (Å²) in [6.45, 7) is 4.17. The van der Waals surface area contributed by atoms with Crippen molar-refractivity contribution in [1.82, 2.24) is 10.2 Å². The molecule has 0 heterocycles. The zero-order chi connectivity index (χ0) is 11.1. The van der Waals surface area contributed by atoms with E-state index in [0.717, 1.165) is 6.42 Å². The van der Waals surface area contributed by atoms with E-state index in [1.807, 2.05) is 6.92 Å². The summed E-state index contributed by atoms with van der Waals surface area (Å²) < 4.78 is 0. The maximum Gasteiger partial charge on any atom is 0.317 e. The Hall–Kier alpha value is -1.10. The molecule has 0 aliphatic carbocycles. The number of hydrogen-bond acceptors (Lipinski definition) is 3. The molecule has 0 bridgehead atoms. The highest BCUT2D eigenvalue weighted by Gasteiger charge is 2.21. The van der Waals surface area contributed by atoms with Gasteiger partial charge in [-0.05, 0) is 19.9 Å². The number of amides is 1. The molecule has 0 aromatic carbocycles. The molecule has 0 aliphatic rings. The molecule has 1 unspecified atom stereocenters. The lowest BCUT2D eigenvalue weighted by Gasteiger charge is -2.25. The highest BCUT2D eigenvalue weighted by molar-refractivity contribution is 5.81. The fourth-order valence-electron chi connectivity index (χ4n) is 1.25. The molecule has 82 valence electrons. The standard InChI is InChI=1S/C9H18N2O3/c1-4-5-11(6-8(12)13)7(2)9(14)10-3/h7H,4-6H2,1-3H3,(H,10,14)(H,12,13). The largest absolute Gasteiger partial charge is 0.480 e. The molecule has 5 nitrogen and oxygen atoms in total. The van der Waals surface area contributed by atoms with Crippen LogP contribution in [0.1, 0.15) is 20.3 Å². The minimum atomic E-state index is -0.908. The fourth-order valence-corrected chi connectivity index (χ4v) is 1.25. The predicted octanol–water partition coefficient (Wildman–Crippen LogP) is -0.0825. The number of carbonyl (C=O) groups is 2. The Labute approximate surface area is 84.1 Å². The zero-order valence-electron chi connectivity index (χ0n) is 8.91. The maximum atomic E-state index is 11.3. The van der Waals surface area contributed by atoms with E-state index in [1.54, 1.807) is 18.9 Å². The molecule has 0 fully saturated rings. The van der Waals surface area contributed by atoms with Gasteiger partial charge >= 0.3 is 5.97 Å². The van der Waals surface area contributed by atoms with Crippen LogP contribution in [0.2, 0.25) is 0 Å². The van der Waals surface area contributed by atoms with Crippen LogP contribution in [0.5, 0.6) is 0 Å². The molecule has 0 radical (unpaired) electrons. The Bertz CT molecular complexity index is 206. The first-order chi connectivity index (χ1) is 6.52. The summed E-state index contributed by atoms with van der Waals surface area (Å²) in [6, 6.07) is -0.393. The average Bonchev–Trinajstić information content (AvgIpc) is 2.14. The van der Waals surface area contributed by atoms with E-state index in [4.69, 9.17) is 5.11 Å². The van der Waals surface area contributed by atoms with Gasteiger partial charge in [0.05, 0.1) is 12.6 Å². The molecule has 0 saturated carbocycles. The first-order valence-corrected chi connectivity index (χ1v) is 4.70. The van der Waals surface area contributed by atoms with Gasteiger partial charge in [-0.3, -0.25) is 14.5 Å². The van der Waals surface area contributed by atoms with Gasteiger partial charge in [0.25, 0.3) is 0 Å². The SMILES string of the molecule is CCCN(CC(=O)O)C(C)C(=O)NC. The van der Waals surface area contributed by atoms with Crippen molar-refractivity contribution >= 4 is 11.9 Å². The van der Waals surface area contributed by atoms with Crippen LogP contribution in [0, 0.1) is 0 Å². The number of carbonyl (C=O) groups excluding carboxylic acids is 1. The molecule has 0 aromatic rings. The van der Waals surface area contributed by atoms with E-state index in [-0.39, 0.29) is 12.5 Å². The second kappa shape index (κ2) is 6.37. The van der Waals surface area contributed by atoms with Crippen LogP contribution < -0.4 is 5.32 Å². The van der Waals surface area contributed by atoms with Gasteiger partial charge in [-0.2, -0.15) is 0 Å². The lowest BCUT2D eigenvalue weighted by Crippen LogP contribution is -2.46. The number of carboxylic acid groups (broad SMARTS) is 1. The van der Waals surface area contributed by atoms with Gasteiger partial charge in [0.1, 0.15) is 0 Å². The molecule has 0 saturated heterocycles. The summed E-state index contributed by atoms with van der Waals surface area (Å²) in [5.74, 6) is -1.06. The summed E-state index contributed by atoms with van der Waals surface area (Å²) in [7, 11) is 1.55. The molecule has 0 spiro atoms. The molecule has 1 atom stereocenters. The number of carboxylic acids is 1. The quantitative estimate of drug-likeness (QED) is 0.632. The maximum absolute atomic E-state index is 11.3. The van der Waals surface area contributed by atoms with Gasteiger partial charge in [-0.1, -0.05) is 6.92 Å². The zero-order valence-corrected chi connectivity index (χ0v) is 8.91. The third-order valence-corrected chi connectivity index (χ3v) is 2.02. The van der Waals surface area contributed by atoms with Gasteiger partial charge in [-0.15, -0.1) is 0 Å². The number of nitrogens with one attached hydrogen (secondary N) is 1. The first-order valence-electron chi connectivity index (χ1n) is 4.70. The van der Waals surface area contributed by atoms with Gasteiger partial charge in [0.2, 0.25) is 5.91 Å². The minimum Gasteiger partial charge on any atom is -0.480 e. The molecular formula is C9H18N2O3. The summed E-state index contributed by atoms with van der Waals surface area (Å²) >= 11 is 0. The Morgan fingerprint density at radius 3 is 2.43 bits per heavy atom. The number of nitrogens with zero attached hydrogens (tertiary/aromatic N) is 1. The molecule has 0 aliphatic heterocycles. The van der Waals surface area contributed by atoms with Gasteiger partial charge in [-0.25, -0.2) is 0 Å². The fraction of sp³-hybridized carbons (Fsp3) is 0.778. The first kappa shape index (κ1) is 12.9. The van der Waals surface area contributed by atoms with Crippen LogP contribution in [0.25, 0.3) is 0 Å². The lowest BCUT2D eigenvalue weighted by atomic mass is 10.2. The van der Waals surface area contributed by atoms with Crippen LogP contribution in [0.15, 0.2) is 0 Å². The van der Waals surface area contributed by atoms with E-state index in [1.165, 1.54) is 0 Å². The van der Waals surface area contributed by atoms with E-state index >= 15 is 0 Å². The van der Waals surface area contributed by atoms with Crippen molar-refractivity contribution in [3.05, 3.63) is 0 Å². The Morgan fingerprint density at radius 2 is 2.07 bits per heavy atom.